The monoisotopic (exact) mass is 479 g/mol. The zero-order valence-corrected chi connectivity index (χ0v) is 20.4. The number of halogens is 1. The van der Waals surface area contributed by atoms with Gasteiger partial charge in [-0.15, -0.1) is 0 Å². The van der Waals surface area contributed by atoms with E-state index in [9.17, 15) is 10.1 Å². The largest absolute Gasteiger partial charge is 0.467 e. The molecule has 2 aromatic heterocycles. The van der Waals surface area contributed by atoms with Crippen LogP contribution in [0, 0.1) is 25.2 Å². The molecule has 0 atom stereocenters. The highest BCUT2D eigenvalue weighted by Crippen LogP contribution is 2.27. The fourth-order valence-corrected chi connectivity index (χ4v) is 4.58. The van der Waals surface area contributed by atoms with Crippen LogP contribution in [-0.4, -0.2) is 53.0 Å². The molecule has 178 valence electrons. The lowest BCUT2D eigenvalue weighted by Gasteiger charge is -2.22. The minimum Gasteiger partial charge on any atom is -0.467 e. The second kappa shape index (κ2) is 10.9. The second-order valence-corrected chi connectivity index (χ2v) is 9.23. The van der Waals surface area contributed by atoms with Gasteiger partial charge in [-0.1, -0.05) is 23.7 Å². The number of nitriles is 1. The van der Waals surface area contributed by atoms with Crippen molar-refractivity contribution in [1.29, 1.82) is 5.26 Å². The average molecular weight is 480 g/mol. The van der Waals surface area contributed by atoms with Crippen LogP contribution >= 0.6 is 11.6 Å². The number of aromatic nitrogens is 1. The maximum atomic E-state index is 13.0. The van der Waals surface area contributed by atoms with E-state index in [0.29, 0.717) is 24.5 Å². The SMILES string of the molecule is Cc1c(C#N)c(NC(=O)CN2CCCN(Cc3ccc(Cl)cc3)CC2)n(Cc2ccco2)c1C. The first-order valence-electron chi connectivity index (χ1n) is 11.6. The number of amides is 1. The number of benzene rings is 1. The van der Waals surface area contributed by atoms with E-state index < -0.39 is 0 Å². The molecule has 0 aliphatic carbocycles. The van der Waals surface area contributed by atoms with Gasteiger partial charge in [-0.25, -0.2) is 0 Å². The number of nitrogens with one attached hydrogen (secondary N) is 1. The highest BCUT2D eigenvalue weighted by Gasteiger charge is 2.22. The number of carbonyl (C=O) groups is 1. The fourth-order valence-electron chi connectivity index (χ4n) is 4.45. The van der Waals surface area contributed by atoms with Crippen molar-refractivity contribution in [2.75, 3.05) is 38.0 Å². The molecule has 1 aliphatic rings. The summed E-state index contributed by atoms with van der Waals surface area (Å²) in [4.78, 5) is 17.6. The Balaban J connectivity index is 1.38. The smallest absolute Gasteiger partial charge is 0.239 e. The number of nitrogens with zero attached hydrogens (tertiary/aromatic N) is 4. The Labute approximate surface area is 205 Å². The Morgan fingerprint density at radius 2 is 1.82 bits per heavy atom. The highest BCUT2D eigenvalue weighted by atomic mass is 35.5. The summed E-state index contributed by atoms with van der Waals surface area (Å²) in [6, 6.07) is 14.0. The van der Waals surface area contributed by atoms with Gasteiger partial charge in [0.15, 0.2) is 0 Å². The molecule has 3 aromatic rings. The normalized spacial score (nSPS) is 15.1. The van der Waals surface area contributed by atoms with Crippen LogP contribution in [0.3, 0.4) is 0 Å². The molecule has 0 unspecified atom stereocenters. The van der Waals surface area contributed by atoms with Gasteiger partial charge in [0.25, 0.3) is 0 Å². The molecule has 7 nitrogen and oxygen atoms in total. The molecule has 1 amide bonds. The summed E-state index contributed by atoms with van der Waals surface area (Å²) in [5, 5.41) is 13.5. The molecular weight excluding hydrogens is 450 g/mol. The number of anilines is 1. The summed E-state index contributed by atoms with van der Waals surface area (Å²) in [6.45, 7) is 9.06. The first kappa shape index (κ1) is 24.1. The van der Waals surface area contributed by atoms with E-state index in [0.717, 1.165) is 61.2 Å². The first-order valence-corrected chi connectivity index (χ1v) is 11.9. The Morgan fingerprint density at radius 3 is 2.53 bits per heavy atom. The van der Waals surface area contributed by atoms with E-state index >= 15 is 0 Å². The van der Waals surface area contributed by atoms with Crippen LogP contribution in [0.1, 0.15) is 34.6 Å². The van der Waals surface area contributed by atoms with Crippen molar-refractivity contribution in [2.45, 2.75) is 33.4 Å². The van der Waals surface area contributed by atoms with Crippen LogP contribution in [0.5, 0.6) is 0 Å². The van der Waals surface area contributed by atoms with E-state index in [-0.39, 0.29) is 5.91 Å². The van der Waals surface area contributed by atoms with Crippen molar-refractivity contribution < 1.29 is 9.21 Å². The van der Waals surface area contributed by atoms with Gasteiger partial charge in [0.2, 0.25) is 5.91 Å². The quantitative estimate of drug-likeness (QED) is 0.542. The van der Waals surface area contributed by atoms with E-state index in [4.69, 9.17) is 16.0 Å². The zero-order chi connectivity index (χ0) is 24.1. The molecule has 1 saturated heterocycles. The van der Waals surface area contributed by atoms with Crippen molar-refractivity contribution in [1.82, 2.24) is 14.4 Å². The predicted octanol–water partition coefficient (Wildman–Crippen LogP) is 4.42. The summed E-state index contributed by atoms with van der Waals surface area (Å²) in [6.07, 6.45) is 2.62. The fraction of sp³-hybridized carbons (Fsp3) is 0.385. The first-order chi connectivity index (χ1) is 16.4. The van der Waals surface area contributed by atoms with Crippen LogP contribution in [0.15, 0.2) is 47.1 Å². The predicted molar refractivity (Wildman–Crippen MR) is 133 cm³/mol. The van der Waals surface area contributed by atoms with Crippen molar-refractivity contribution >= 4 is 23.3 Å². The molecule has 1 aliphatic heterocycles. The zero-order valence-electron chi connectivity index (χ0n) is 19.7. The number of rotatable bonds is 7. The number of furan rings is 1. The van der Waals surface area contributed by atoms with Gasteiger partial charge >= 0.3 is 0 Å². The Hall–Kier alpha value is -3.05. The molecule has 1 fully saturated rings. The summed E-state index contributed by atoms with van der Waals surface area (Å²) < 4.78 is 7.44. The molecule has 1 aromatic carbocycles. The maximum absolute atomic E-state index is 13.0. The van der Waals surface area contributed by atoms with Gasteiger partial charge in [-0.05, 0) is 68.8 Å². The molecule has 3 heterocycles. The third-order valence-electron chi connectivity index (χ3n) is 6.46. The summed E-state index contributed by atoms with van der Waals surface area (Å²) in [5.41, 5.74) is 3.55. The average Bonchev–Trinajstić information content (AvgIpc) is 3.33. The summed E-state index contributed by atoms with van der Waals surface area (Å²) in [7, 11) is 0. The van der Waals surface area contributed by atoms with E-state index in [1.165, 1.54) is 5.56 Å². The van der Waals surface area contributed by atoms with Gasteiger partial charge in [-0.3, -0.25) is 14.6 Å². The second-order valence-electron chi connectivity index (χ2n) is 8.79. The molecule has 34 heavy (non-hydrogen) atoms. The van der Waals surface area contributed by atoms with Crippen LogP contribution in [-0.2, 0) is 17.9 Å². The van der Waals surface area contributed by atoms with Crippen LogP contribution in [0.4, 0.5) is 5.82 Å². The van der Waals surface area contributed by atoms with Crippen LogP contribution in [0.25, 0.3) is 0 Å². The van der Waals surface area contributed by atoms with Gasteiger partial charge in [0.1, 0.15) is 17.6 Å². The molecule has 0 radical (unpaired) electrons. The van der Waals surface area contributed by atoms with Crippen molar-refractivity contribution in [2.24, 2.45) is 0 Å². The highest BCUT2D eigenvalue weighted by molar-refractivity contribution is 6.30. The number of hydrogen-bond acceptors (Lipinski definition) is 5. The lowest BCUT2D eigenvalue weighted by atomic mass is 10.2. The minimum atomic E-state index is -0.110. The van der Waals surface area contributed by atoms with E-state index in [1.54, 1.807) is 6.26 Å². The minimum absolute atomic E-state index is 0.110. The van der Waals surface area contributed by atoms with Gasteiger partial charge in [-0.2, -0.15) is 5.26 Å². The molecule has 0 spiro atoms. The topological polar surface area (TPSA) is 77.4 Å². The van der Waals surface area contributed by atoms with Crippen molar-refractivity contribution in [3.63, 3.8) is 0 Å². The molecule has 1 N–H and O–H groups in total. The van der Waals surface area contributed by atoms with Crippen molar-refractivity contribution in [3.8, 4) is 6.07 Å². The molecule has 0 bridgehead atoms. The summed E-state index contributed by atoms with van der Waals surface area (Å²) >= 11 is 6.00. The number of hydrogen-bond donors (Lipinski definition) is 1. The Kier molecular flexibility index (Phi) is 7.73. The third kappa shape index (κ3) is 5.71. The number of carbonyl (C=O) groups excluding carboxylic acids is 1. The van der Waals surface area contributed by atoms with Gasteiger partial charge < -0.3 is 14.3 Å². The van der Waals surface area contributed by atoms with Crippen LogP contribution < -0.4 is 5.32 Å². The molecule has 4 rings (SSSR count). The Bertz CT molecular complexity index is 1160. The van der Waals surface area contributed by atoms with E-state index in [1.807, 2.05) is 42.7 Å². The Morgan fingerprint density at radius 1 is 1.09 bits per heavy atom. The van der Waals surface area contributed by atoms with E-state index in [2.05, 4.69) is 33.3 Å². The van der Waals surface area contributed by atoms with Crippen molar-refractivity contribution in [3.05, 3.63) is 75.8 Å². The van der Waals surface area contributed by atoms with Gasteiger partial charge in [0.05, 0.1) is 24.9 Å². The molecule has 0 saturated carbocycles. The van der Waals surface area contributed by atoms with Crippen LogP contribution in [0.2, 0.25) is 5.02 Å². The molecular formula is C26H30ClN5O2. The maximum Gasteiger partial charge on any atom is 0.239 e. The lowest BCUT2D eigenvalue weighted by molar-refractivity contribution is -0.117. The lowest BCUT2D eigenvalue weighted by Crippen LogP contribution is -2.36. The molecule has 8 heteroatoms. The summed E-state index contributed by atoms with van der Waals surface area (Å²) in [5.74, 6) is 1.20. The van der Waals surface area contributed by atoms with Gasteiger partial charge in [0, 0.05) is 30.4 Å². The third-order valence-corrected chi connectivity index (χ3v) is 6.71. The standard InChI is InChI=1S/C26H30ClN5O2/c1-19-20(2)32(17-23-5-3-14-34-23)26(24(19)15-28)29-25(33)18-31-11-4-10-30(12-13-31)16-21-6-8-22(27)9-7-21/h3,5-9,14H,4,10-13,16-18H2,1-2H3,(H,29,33).